The van der Waals surface area contributed by atoms with Gasteiger partial charge in [0.1, 0.15) is 11.3 Å². The van der Waals surface area contributed by atoms with Crippen molar-refractivity contribution < 1.29 is 18.4 Å². The highest BCUT2D eigenvalue weighted by molar-refractivity contribution is 7.13. The lowest BCUT2D eigenvalue weighted by Gasteiger charge is -2.08. The van der Waals surface area contributed by atoms with E-state index in [-0.39, 0.29) is 12.4 Å². The summed E-state index contributed by atoms with van der Waals surface area (Å²) >= 11 is 1.43. The summed E-state index contributed by atoms with van der Waals surface area (Å²) in [6.45, 7) is 3.61. The largest absolute Gasteiger partial charge is 0.459 e. The number of ether oxygens (including phenoxy) is 1. The average Bonchev–Trinajstić information content (AvgIpc) is 3.33. The lowest BCUT2D eigenvalue weighted by atomic mass is 10.3. The number of hydrogen-bond acceptors (Lipinski definition) is 7. The van der Waals surface area contributed by atoms with Gasteiger partial charge in [-0.3, -0.25) is 4.79 Å². The van der Waals surface area contributed by atoms with E-state index < -0.39 is 6.10 Å². The maximum absolute atomic E-state index is 12.2. The summed E-state index contributed by atoms with van der Waals surface area (Å²) in [6.07, 6.45) is -0.485. The van der Waals surface area contributed by atoms with Crippen molar-refractivity contribution in [2.24, 2.45) is 0 Å². The van der Waals surface area contributed by atoms with Gasteiger partial charge >= 0.3 is 5.97 Å². The van der Waals surface area contributed by atoms with Crippen molar-refractivity contribution in [3.63, 3.8) is 0 Å². The van der Waals surface area contributed by atoms with Crippen LogP contribution in [-0.4, -0.2) is 15.9 Å². The SMILES string of the molecule is Cc1ccc(-c2nc(CC(=O)O[C@@H](C)c3nc4ccccc4o3)cs2)o1. The number of carbonyl (C=O) groups excluding carboxylic acids is 1. The molecule has 1 atom stereocenters. The number of thiazole rings is 1. The predicted molar refractivity (Wildman–Crippen MR) is 96.8 cm³/mol. The minimum absolute atomic E-state index is 0.0841. The molecule has 0 amide bonds. The number of benzene rings is 1. The van der Waals surface area contributed by atoms with Crippen molar-refractivity contribution in [3.8, 4) is 10.8 Å². The molecule has 0 aliphatic carbocycles. The van der Waals surface area contributed by atoms with E-state index in [9.17, 15) is 4.79 Å². The number of aromatic nitrogens is 2. The molecule has 4 rings (SSSR count). The van der Waals surface area contributed by atoms with Gasteiger partial charge in [0.05, 0.1) is 12.1 Å². The third kappa shape index (κ3) is 3.39. The predicted octanol–water partition coefficient (Wildman–Crippen LogP) is 4.70. The van der Waals surface area contributed by atoms with Crippen LogP contribution in [0.1, 0.15) is 30.4 Å². The molecule has 3 aromatic heterocycles. The summed E-state index contributed by atoms with van der Waals surface area (Å²) in [5, 5.41) is 2.58. The van der Waals surface area contributed by atoms with Crippen LogP contribution in [0.5, 0.6) is 0 Å². The fourth-order valence-electron chi connectivity index (χ4n) is 2.55. The van der Waals surface area contributed by atoms with Crippen LogP contribution < -0.4 is 0 Å². The van der Waals surface area contributed by atoms with Crippen LogP contribution in [0.3, 0.4) is 0 Å². The zero-order valence-electron chi connectivity index (χ0n) is 14.3. The molecule has 0 saturated carbocycles. The normalized spacial score (nSPS) is 12.4. The maximum Gasteiger partial charge on any atom is 0.312 e. The van der Waals surface area contributed by atoms with Gasteiger partial charge in [-0.05, 0) is 38.1 Å². The van der Waals surface area contributed by atoms with Crippen molar-refractivity contribution in [2.75, 3.05) is 0 Å². The van der Waals surface area contributed by atoms with Crippen LogP contribution in [0.15, 0.2) is 50.6 Å². The molecule has 0 fully saturated rings. The van der Waals surface area contributed by atoms with E-state index in [0.29, 0.717) is 22.9 Å². The lowest BCUT2D eigenvalue weighted by Crippen LogP contribution is -2.11. The number of esters is 1. The second kappa shape index (κ2) is 6.76. The molecule has 7 heteroatoms. The molecule has 132 valence electrons. The number of fused-ring (bicyclic) bond motifs is 1. The fraction of sp³-hybridized carbons (Fsp3) is 0.211. The molecule has 0 aliphatic rings. The Labute approximate surface area is 153 Å². The first-order chi connectivity index (χ1) is 12.6. The Morgan fingerprint density at radius 2 is 2.04 bits per heavy atom. The van der Waals surface area contributed by atoms with E-state index in [1.165, 1.54) is 11.3 Å². The summed E-state index contributed by atoms with van der Waals surface area (Å²) in [7, 11) is 0. The molecule has 0 spiro atoms. The highest BCUT2D eigenvalue weighted by Gasteiger charge is 2.19. The van der Waals surface area contributed by atoms with Gasteiger partial charge in [0.2, 0.25) is 5.89 Å². The lowest BCUT2D eigenvalue weighted by molar-refractivity contribution is -0.148. The number of carbonyl (C=O) groups is 1. The Hall–Kier alpha value is -2.93. The van der Waals surface area contributed by atoms with Crippen LogP contribution in [0.25, 0.3) is 21.9 Å². The Balaban J connectivity index is 1.41. The third-order valence-electron chi connectivity index (χ3n) is 3.79. The summed E-state index contributed by atoms with van der Waals surface area (Å²) < 4.78 is 16.6. The van der Waals surface area contributed by atoms with Crippen molar-refractivity contribution in [2.45, 2.75) is 26.4 Å². The summed E-state index contributed by atoms with van der Waals surface area (Å²) in [6, 6.07) is 11.2. The van der Waals surface area contributed by atoms with Crippen LogP contribution >= 0.6 is 11.3 Å². The standard InChI is InChI=1S/C19H16N2O4S/c1-11-7-8-16(23-11)19-20-13(10-26-19)9-17(22)24-12(2)18-21-14-5-3-4-6-15(14)25-18/h3-8,10,12H,9H2,1-2H3/t12-/m0/s1. The van der Waals surface area contributed by atoms with E-state index in [1.807, 2.05) is 48.7 Å². The number of furan rings is 1. The molecule has 4 aromatic rings. The number of rotatable bonds is 5. The highest BCUT2D eigenvalue weighted by Crippen LogP contribution is 2.26. The molecular formula is C19H16N2O4S. The minimum Gasteiger partial charge on any atom is -0.459 e. The molecular weight excluding hydrogens is 352 g/mol. The number of oxazole rings is 1. The van der Waals surface area contributed by atoms with Gasteiger partial charge in [0, 0.05) is 5.38 Å². The zero-order valence-corrected chi connectivity index (χ0v) is 15.1. The van der Waals surface area contributed by atoms with Gasteiger partial charge < -0.3 is 13.6 Å². The van der Waals surface area contributed by atoms with Gasteiger partial charge in [-0.1, -0.05) is 12.1 Å². The van der Waals surface area contributed by atoms with E-state index in [1.54, 1.807) is 6.92 Å². The average molecular weight is 368 g/mol. The van der Waals surface area contributed by atoms with E-state index >= 15 is 0 Å². The Morgan fingerprint density at radius 1 is 1.19 bits per heavy atom. The molecule has 0 radical (unpaired) electrons. The smallest absolute Gasteiger partial charge is 0.312 e. The van der Waals surface area contributed by atoms with E-state index in [2.05, 4.69) is 9.97 Å². The topological polar surface area (TPSA) is 78.4 Å². The molecule has 26 heavy (non-hydrogen) atoms. The second-order valence-corrected chi connectivity index (χ2v) is 6.74. The Morgan fingerprint density at radius 3 is 2.81 bits per heavy atom. The van der Waals surface area contributed by atoms with Gasteiger partial charge in [-0.15, -0.1) is 11.3 Å². The van der Waals surface area contributed by atoms with Crippen LogP contribution in [0, 0.1) is 6.92 Å². The van der Waals surface area contributed by atoms with Crippen molar-refractivity contribution in [1.29, 1.82) is 0 Å². The van der Waals surface area contributed by atoms with Gasteiger partial charge in [-0.25, -0.2) is 9.97 Å². The summed E-state index contributed by atoms with van der Waals surface area (Å²) in [5.41, 5.74) is 2.06. The number of para-hydroxylation sites is 2. The van der Waals surface area contributed by atoms with E-state index in [0.717, 1.165) is 16.3 Å². The van der Waals surface area contributed by atoms with Gasteiger partial charge in [0.15, 0.2) is 22.5 Å². The maximum atomic E-state index is 12.2. The van der Waals surface area contributed by atoms with Crippen molar-refractivity contribution in [3.05, 3.63) is 59.1 Å². The molecule has 0 N–H and O–H groups in total. The highest BCUT2D eigenvalue weighted by atomic mass is 32.1. The number of nitrogens with zero attached hydrogens (tertiary/aromatic N) is 2. The first-order valence-corrected chi connectivity index (χ1v) is 9.02. The van der Waals surface area contributed by atoms with Crippen molar-refractivity contribution >= 4 is 28.4 Å². The molecule has 1 aromatic carbocycles. The monoisotopic (exact) mass is 368 g/mol. The third-order valence-corrected chi connectivity index (χ3v) is 4.70. The van der Waals surface area contributed by atoms with Crippen LogP contribution in [-0.2, 0) is 16.0 Å². The molecule has 0 aliphatic heterocycles. The number of hydrogen-bond donors (Lipinski definition) is 0. The number of aryl methyl sites for hydroxylation is 1. The molecule has 3 heterocycles. The van der Waals surface area contributed by atoms with E-state index in [4.69, 9.17) is 13.6 Å². The Bertz CT molecular complexity index is 1030. The quantitative estimate of drug-likeness (QED) is 0.475. The first kappa shape index (κ1) is 16.5. The summed E-state index contributed by atoms with van der Waals surface area (Å²) in [4.78, 5) is 21.0. The van der Waals surface area contributed by atoms with Gasteiger partial charge in [-0.2, -0.15) is 0 Å². The zero-order chi connectivity index (χ0) is 18.1. The van der Waals surface area contributed by atoms with Gasteiger partial charge in [0.25, 0.3) is 0 Å². The molecule has 0 unspecified atom stereocenters. The first-order valence-electron chi connectivity index (χ1n) is 8.14. The van der Waals surface area contributed by atoms with Crippen LogP contribution in [0.2, 0.25) is 0 Å². The molecule has 0 saturated heterocycles. The molecule has 0 bridgehead atoms. The van der Waals surface area contributed by atoms with Crippen LogP contribution in [0.4, 0.5) is 0 Å². The second-order valence-electron chi connectivity index (χ2n) is 5.88. The van der Waals surface area contributed by atoms with Crippen molar-refractivity contribution in [1.82, 2.24) is 9.97 Å². The Kier molecular flexibility index (Phi) is 4.30. The summed E-state index contributed by atoms with van der Waals surface area (Å²) in [5.74, 6) is 1.52. The molecule has 6 nitrogen and oxygen atoms in total. The minimum atomic E-state index is -0.569. The fourth-order valence-corrected chi connectivity index (χ4v) is 3.33.